The summed E-state index contributed by atoms with van der Waals surface area (Å²) < 4.78 is 47.9. The van der Waals surface area contributed by atoms with Gasteiger partial charge in [0.1, 0.15) is 12.7 Å². The van der Waals surface area contributed by atoms with Gasteiger partial charge in [0.05, 0.1) is 25.9 Å². The SMILES string of the molecule is CCCCC[C@@H](O)/C=C/C=C\C/C=C\C/C=C\CCCC(=O)OC[C@H](COP(=O)(O)OC[C@@H](O)COP(=O)(O)O)OC(=O)CCCCCCCCCCCCCCCCCCCCC(C)CC. The maximum absolute atomic E-state index is 12.7. The molecule has 67 heavy (non-hydrogen) atoms. The maximum atomic E-state index is 12.7. The molecule has 0 aliphatic heterocycles. The smallest absolute Gasteiger partial charge is 0.462 e. The van der Waals surface area contributed by atoms with Gasteiger partial charge in [-0.05, 0) is 44.4 Å². The highest BCUT2D eigenvalue weighted by Gasteiger charge is 2.28. The molecule has 0 rings (SSSR count). The lowest BCUT2D eigenvalue weighted by atomic mass is 9.99. The minimum absolute atomic E-state index is 0.0997. The van der Waals surface area contributed by atoms with E-state index < -0.39 is 72.3 Å². The largest absolute Gasteiger partial charge is 0.472 e. The van der Waals surface area contributed by atoms with Crippen LogP contribution in [0.3, 0.4) is 0 Å². The Kier molecular flexibility index (Phi) is 43.9. The minimum Gasteiger partial charge on any atom is -0.462 e. The summed E-state index contributed by atoms with van der Waals surface area (Å²) in [5.41, 5.74) is 0. The summed E-state index contributed by atoms with van der Waals surface area (Å²) in [5.74, 6) is -0.238. The number of esters is 2. The first kappa shape index (κ1) is 65.0. The van der Waals surface area contributed by atoms with Crippen LogP contribution in [0.1, 0.15) is 213 Å². The Labute approximate surface area is 405 Å². The van der Waals surface area contributed by atoms with Gasteiger partial charge in [-0.25, -0.2) is 9.13 Å². The average molecular weight is 993 g/mol. The van der Waals surface area contributed by atoms with Crippen molar-refractivity contribution in [3.63, 3.8) is 0 Å². The number of unbranched alkanes of at least 4 members (excludes halogenated alkanes) is 20. The van der Waals surface area contributed by atoms with Gasteiger partial charge in [-0.3, -0.25) is 23.2 Å². The summed E-state index contributed by atoms with van der Waals surface area (Å²) in [6.45, 7) is 3.98. The Balaban J connectivity index is 4.48. The molecule has 0 spiro atoms. The quantitative estimate of drug-likeness (QED) is 0.0126. The molecular formula is C51H94O14P2. The van der Waals surface area contributed by atoms with E-state index in [1.165, 1.54) is 103 Å². The zero-order chi connectivity index (χ0) is 49.7. The molecule has 0 aromatic heterocycles. The highest BCUT2D eigenvalue weighted by Crippen LogP contribution is 2.44. The van der Waals surface area contributed by atoms with E-state index in [4.69, 9.17) is 28.3 Å². The lowest BCUT2D eigenvalue weighted by Gasteiger charge is -2.20. The fourth-order valence-electron chi connectivity index (χ4n) is 7.02. The van der Waals surface area contributed by atoms with Gasteiger partial charge < -0.3 is 34.4 Å². The number of rotatable bonds is 48. The lowest BCUT2D eigenvalue weighted by molar-refractivity contribution is -0.161. The standard InChI is InChI=1S/C51H94O14P2/c1-4-6-32-38-47(52)39-34-29-25-21-17-15-19-22-26-30-35-40-50(54)61-44-49(45-64-67(59,60)63-43-48(53)42-62-66(56,57)58)65-51(55)41-36-31-27-23-18-14-12-10-8-7-9-11-13-16-20-24-28-33-37-46(3)5-2/h15,17,22,25-26,29,34,39,46-49,52-53H,4-14,16,18-21,23-24,27-28,30-33,35-38,40-45H2,1-3H3,(H,59,60)(H2,56,57,58)/b17-15-,26-22-,29-25-,39-34+/t46?,47-,48+,49-/m1/s1. The molecule has 0 radical (unpaired) electrons. The number of aliphatic hydroxyl groups is 2. The Hall–Kier alpha value is -1.96. The topological polar surface area (TPSA) is 216 Å². The molecule has 5 atom stereocenters. The maximum Gasteiger partial charge on any atom is 0.472 e. The number of carbonyl (C=O) groups excluding carboxylic acids is 2. The molecule has 14 nitrogen and oxygen atoms in total. The molecule has 0 bridgehead atoms. The second-order valence-electron chi connectivity index (χ2n) is 17.9. The first-order valence-corrected chi connectivity index (χ1v) is 28.9. The highest BCUT2D eigenvalue weighted by molar-refractivity contribution is 7.47. The number of ether oxygens (including phenoxy) is 2. The molecule has 0 aliphatic carbocycles. The molecule has 0 saturated carbocycles. The van der Waals surface area contributed by atoms with Crippen molar-refractivity contribution in [3.05, 3.63) is 48.6 Å². The zero-order valence-corrected chi connectivity index (χ0v) is 43.6. The molecule has 392 valence electrons. The molecule has 0 heterocycles. The highest BCUT2D eigenvalue weighted by atomic mass is 31.2. The van der Waals surface area contributed by atoms with Gasteiger partial charge in [0.15, 0.2) is 6.10 Å². The van der Waals surface area contributed by atoms with Crippen molar-refractivity contribution >= 4 is 27.6 Å². The van der Waals surface area contributed by atoms with Crippen molar-refractivity contribution in [2.45, 2.75) is 232 Å². The van der Waals surface area contributed by atoms with Crippen LogP contribution >= 0.6 is 15.6 Å². The third-order valence-electron chi connectivity index (χ3n) is 11.4. The predicted molar refractivity (Wildman–Crippen MR) is 268 cm³/mol. The van der Waals surface area contributed by atoms with Gasteiger partial charge in [0, 0.05) is 12.8 Å². The number of allylic oxidation sites excluding steroid dienone is 7. The molecule has 0 aromatic rings. The molecule has 0 aliphatic rings. The van der Waals surface area contributed by atoms with Crippen molar-refractivity contribution in [1.29, 1.82) is 0 Å². The Morgan fingerprint density at radius 1 is 0.537 bits per heavy atom. The molecule has 0 aromatic carbocycles. The molecule has 2 unspecified atom stereocenters. The average Bonchev–Trinajstić information content (AvgIpc) is 3.29. The molecular weight excluding hydrogens is 898 g/mol. The summed E-state index contributed by atoms with van der Waals surface area (Å²) in [6.07, 6.45) is 44.3. The summed E-state index contributed by atoms with van der Waals surface area (Å²) in [5, 5.41) is 19.7. The number of hydrogen-bond acceptors (Lipinski definition) is 11. The van der Waals surface area contributed by atoms with Crippen molar-refractivity contribution in [2.75, 3.05) is 26.4 Å². The fraction of sp³-hybridized carbons (Fsp3) is 0.804. The van der Waals surface area contributed by atoms with Gasteiger partial charge >= 0.3 is 27.6 Å². The summed E-state index contributed by atoms with van der Waals surface area (Å²) in [7, 11) is -9.71. The molecule has 5 N–H and O–H groups in total. The Bertz CT molecular complexity index is 1400. The second-order valence-corrected chi connectivity index (χ2v) is 20.6. The Morgan fingerprint density at radius 3 is 1.60 bits per heavy atom. The first-order chi connectivity index (χ1) is 32.2. The number of carbonyl (C=O) groups is 2. The first-order valence-electron chi connectivity index (χ1n) is 25.8. The van der Waals surface area contributed by atoms with E-state index in [0.29, 0.717) is 19.3 Å². The van der Waals surface area contributed by atoms with E-state index in [0.717, 1.165) is 63.7 Å². The number of phosphoric ester groups is 2. The molecule has 0 fully saturated rings. The monoisotopic (exact) mass is 993 g/mol. The summed E-state index contributed by atoms with van der Waals surface area (Å²) >= 11 is 0. The normalized spacial score (nSPS) is 15.2. The van der Waals surface area contributed by atoms with Crippen LogP contribution in [0.4, 0.5) is 0 Å². The van der Waals surface area contributed by atoms with Crippen LogP contribution in [0.2, 0.25) is 0 Å². The number of aliphatic hydroxyl groups excluding tert-OH is 2. The molecule has 0 amide bonds. The van der Waals surface area contributed by atoms with E-state index in [-0.39, 0.29) is 12.8 Å². The van der Waals surface area contributed by atoms with Gasteiger partial charge in [-0.1, -0.05) is 211 Å². The van der Waals surface area contributed by atoms with E-state index >= 15 is 0 Å². The van der Waals surface area contributed by atoms with Gasteiger partial charge in [0.25, 0.3) is 0 Å². The van der Waals surface area contributed by atoms with Gasteiger partial charge in [0.2, 0.25) is 0 Å². The van der Waals surface area contributed by atoms with Crippen LogP contribution in [0.25, 0.3) is 0 Å². The minimum atomic E-state index is -4.88. The van der Waals surface area contributed by atoms with Gasteiger partial charge in [-0.15, -0.1) is 0 Å². The van der Waals surface area contributed by atoms with Crippen LogP contribution < -0.4 is 0 Å². The van der Waals surface area contributed by atoms with Crippen LogP contribution in [-0.2, 0) is 41.8 Å². The number of phosphoric acid groups is 2. The van der Waals surface area contributed by atoms with Crippen molar-refractivity contribution in [2.24, 2.45) is 5.92 Å². The fourth-order valence-corrected chi connectivity index (χ4v) is 8.17. The third kappa shape index (κ3) is 48.8. The van der Waals surface area contributed by atoms with Crippen LogP contribution in [0.5, 0.6) is 0 Å². The second kappa shape index (κ2) is 45.2. The van der Waals surface area contributed by atoms with Crippen molar-refractivity contribution < 1.29 is 66.7 Å². The third-order valence-corrected chi connectivity index (χ3v) is 12.8. The number of hydrogen-bond donors (Lipinski definition) is 5. The zero-order valence-electron chi connectivity index (χ0n) is 41.8. The van der Waals surface area contributed by atoms with Crippen LogP contribution in [-0.4, -0.2) is 81.6 Å². The van der Waals surface area contributed by atoms with Gasteiger partial charge in [-0.2, -0.15) is 0 Å². The van der Waals surface area contributed by atoms with E-state index in [9.17, 15) is 33.8 Å². The van der Waals surface area contributed by atoms with Crippen LogP contribution in [0.15, 0.2) is 48.6 Å². The Morgan fingerprint density at radius 2 is 1.03 bits per heavy atom. The van der Waals surface area contributed by atoms with Crippen molar-refractivity contribution in [3.8, 4) is 0 Å². The molecule has 16 heteroatoms. The summed E-state index contributed by atoms with van der Waals surface area (Å²) in [4.78, 5) is 52.9. The van der Waals surface area contributed by atoms with Crippen LogP contribution in [0, 0.1) is 5.92 Å². The lowest BCUT2D eigenvalue weighted by Crippen LogP contribution is -2.30. The molecule has 0 saturated heterocycles. The van der Waals surface area contributed by atoms with E-state index in [1.54, 1.807) is 0 Å². The van der Waals surface area contributed by atoms with E-state index in [1.807, 2.05) is 42.5 Å². The summed E-state index contributed by atoms with van der Waals surface area (Å²) in [6, 6.07) is 0. The van der Waals surface area contributed by atoms with E-state index in [2.05, 4.69) is 31.4 Å². The predicted octanol–water partition coefficient (Wildman–Crippen LogP) is 13.0. The van der Waals surface area contributed by atoms with Crippen molar-refractivity contribution in [1.82, 2.24) is 0 Å².